The Kier molecular flexibility index (Phi) is 4.69. The number of piperazine rings is 1. The molecule has 4 heteroatoms. The van der Waals surface area contributed by atoms with Gasteiger partial charge in [-0.3, -0.25) is 4.90 Å². The largest absolute Gasteiger partial charge is 0.396 e. The van der Waals surface area contributed by atoms with E-state index in [1.165, 1.54) is 6.07 Å². The molecule has 2 rings (SSSR count). The van der Waals surface area contributed by atoms with Crippen LogP contribution in [0.5, 0.6) is 0 Å². The Morgan fingerprint density at radius 2 is 2.11 bits per heavy atom. The van der Waals surface area contributed by atoms with Crippen molar-refractivity contribution >= 4 is 0 Å². The number of nitrogens with zero attached hydrogens (tertiary/aromatic N) is 1. The molecule has 1 saturated heterocycles. The first-order chi connectivity index (χ1) is 8.72. The molecule has 1 aromatic carbocycles. The molecule has 1 aliphatic rings. The summed E-state index contributed by atoms with van der Waals surface area (Å²) < 4.78 is 13.4. The predicted molar refractivity (Wildman–Crippen MR) is 70.0 cm³/mol. The van der Waals surface area contributed by atoms with Crippen molar-refractivity contribution < 1.29 is 9.50 Å². The van der Waals surface area contributed by atoms with Crippen LogP contribution in [0, 0.1) is 12.7 Å². The van der Waals surface area contributed by atoms with Crippen molar-refractivity contribution in [3.8, 4) is 0 Å². The summed E-state index contributed by atoms with van der Waals surface area (Å²) in [6, 6.07) is 5.04. The lowest BCUT2D eigenvalue weighted by atomic mass is 9.97. The molecule has 1 aliphatic heterocycles. The summed E-state index contributed by atoms with van der Waals surface area (Å²) in [6.07, 6.45) is 0.657. The van der Waals surface area contributed by atoms with Crippen molar-refractivity contribution in [3.63, 3.8) is 0 Å². The van der Waals surface area contributed by atoms with Gasteiger partial charge in [0.15, 0.2) is 0 Å². The van der Waals surface area contributed by atoms with Crippen LogP contribution in [-0.2, 0) is 0 Å². The van der Waals surface area contributed by atoms with E-state index in [0.29, 0.717) is 6.42 Å². The van der Waals surface area contributed by atoms with Crippen LogP contribution in [-0.4, -0.2) is 42.8 Å². The molecule has 1 aromatic rings. The van der Waals surface area contributed by atoms with Crippen LogP contribution < -0.4 is 5.32 Å². The van der Waals surface area contributed by atoms with Gasteiger partial charge in [0.05, 0.1) is 0 Å². The van der Waals surface area contributed by atoms with E-state index < -0.39 is 0 Å². The second-order valence-corrected chi connectivity index (χ2v) is 4.81. The minimum atomic E-state index is -0.200. The molecule has 2 N–H and O–H groups in total. The summed E-state index contributed by atoms with van der Waals surface area (Å²) in [5.41, 5.74) is 2.10. The maximum absolute atomic E-state index is 13.4. The highest BCUT2D eigenvalue weighted by Crippen LogP contribution is 2.27. The van der Waals surface area contributed by atoms with Gasteiger partial charge in [-0.2, -0.15) is 0 Å². The second kappa shape index (κ2) is 6.27. The summed E-state index contributed by atoms with van der Waals surface area (Å²) in [7, 11) is 0. The van der Waals surface area contributed by atoms with Gasteiger partial charge in [0.25, 0.3) is 0 Å². The number of nitrogens with one attached hydrogen (secondary N) is 1. The smallest absolute Gasteiger partial charge is 0.123 e. The summed E-state index contributed by atoms with van der Waals surface area (Å²) >= 11 is 0. The summed E-state index contributed by atoms with van der Waals surface area (Å²) in [5.74, 6) is -0.200. The highest BCUT2D eigenvalue weighted by Gasteiger charge is 2.23. The highest BCUT2D eigenvalue weighted by atomic mass is 19.1. The van der Waals surface area contributed by atoms with E-state index in [1.54, 1.807) is 6.07 Å². The first-order valence-corrected chi connectivity index (χ1v) is 6.54. The molecule has 0 radical (unpaired) electrons. The Hall–Kier alpha value is -0.970. The number of hydrogen-bond acceptors (Lipinski definition) is 3. The summed E-state index contributed by atoms with van der Waals surface area (Å²) in [5, 5.41) is 12.6. The molecule has 0 aliphatic carbocycles. The van der Waals surface area contributed by atoms with E-state index in [1.807, 2.05) is 13.0 Å². The van der Waals surface area contributed by atoms with E-state index in [-0.39, 0.29) is 18.5 Å². The highest BCUT2D eigenvalue weighted by molar-refractivity contribution is 5.29. The minimum absolute atomic E-state index is 0.118. The molecule has 0 saturated carbocycles. The van der Waals surface area contributed by atoms with Gasteiger partial charge >= 0.3 is 0 Å². The summed E-state index contributed by atoms with van der Waals surface area (Å²) in [6.45, 7) is 5.93. The molecule has 100 valence electrons. The van der Waals surface area contributed by atoms with Crippen LogP contribution in [0.15, 0.2) is 18.2 Å². The number of halogens is 1. The third-order valence-corrected chi connectivity index (χ3v) is 3.60. The number of aliphatic hydroxyl groups excluding tert-OH is 1. The standard InChI is InChI=1S/C14H21FN2O/c1-11-2-3-12(15)10-13(11)14(4-9-18)17-7-5-16-6-8-17/h2-3,10,14,16,18H,4-9H2,1H3/t14-/m0/s1. The molecule has 0 spiro atoms. The average Bonchev–Trinajstić information content (AvgIpc) is 2.40. The zero-order chi connectivity index (χ0) is 13.0. The Morgan fingerprint density at radius 1 is 1.39 bits per heavy atom. The Morgan fingerprint density at radius 3 is 2.78 bits per heavy atom. The fourth-order valence-corrected chi connectivity index (χ4v) is 2.62. The summed E-state index contributed by atoms with van der Waals surface area (Å²) in [4.78, 5) is 2.33. The molecule has 0 amide bonds. The number of rotatable bonds is 4. The van der Waals surface area contributed by atoms with Crippen molar-refractivity contribution in [1.82, 2.24) is 10.2 Å². The zero-order valence-electron chi connectivity index (χ0n) is 10.8. The number of aryl methyl sites for hydroxylation is 1. The van der Waals surface area contributed by atoms with Crippen LogP contribution in [0.25, 0.3) is 0 Å². The lowest BCUT2D eigenvalue weighted by Gasteiger charge is -2.35. The SMILES string of the molecule is Cc1ccc(F)cc1[C@H](CCO)N1CCNCC1. The quantitative estimate of drug-likeness (QED) is 0.851. The van der Waals surface area contributed by atoms with Crippen molar-refractivity contribution in [2.75, 3.05) is 32.8 Å². The lowest BCUT2D eigenvalue weighted by molar-refractivity contribution is 0.140. The van der Waals surface area contributed by atoms with Crippen molar-refractivity contribution in [2.24, 2.45) is 0 Å². The Labute approximate surface area is 108 Å². The molecule has 18 heavy (non-hydrogen) atoms. The van der Waals surface area contributed by atoms with Gasteiger partial charge in [-0.1, -0.05) is 6.07 Å². The fraction of sp³-hybridized carbons (Fsp3) is 0.571. The van der Waals surface area contributed by atoms with Gasteiger partial charge in [0, 0.05) is 38.8 Å². The normalized spacial score (nSPS) is 18.8. The van der Waals surface area contributed by atoms with Gasteiger partial charge < -0.3 is 10.4 Å². The second-order valence-electron chi connectivity index (χ2n) is 4.81. The van der Waals surface area contributed by atoms with Crippen LogP contribution in [0.4, 0.5) is 4.39 Å². The van der Waals surface area contributed by atoms with E-state index >= 15 is 0 Å². The molecule has 1 atom stereocenters. The maximum atomic E-state index is 13.4. The first-order valence-electron chi connectivity index (χ1n) is 6.54. The van der Waals surface area contributed by atoms with E-state index in [0.717, 1.165) is 37.3 Å². The van der Waals surface area contributed by atoms with Gasteiger partial charge in [-0.25, -0.2) is 4.39 Å². The first kappa shape index (κ1) is 13.5. The van der Waals surface area contributed by atoms with Crippen molar-refractivity contribution in [3.05, 3.63) is 35.1 Å². The number of aliphatic hydroxyl groups is 1. The fourth-order valence-electron chi connectivity index (χ4n) is 2.62. The van der Waals surface area contributed by atoms with Crippen LogP contribution in [0.1, 0.15) is 23.6 Å². The molecule has 0 unspecified atom stereocenters. The van der Waals surface area contributed by atoms with E-state index in [2.05, 4.69) is 10.2 Å². The number of benzene rings is 1. The average molecular weight is 252 g/mol. The molecule has 1 heterocycles. The Bertz CT molecular complexity index is 391. The molecule has 0 aromatic heterocycles. The lowest BCUT2D eigenvalue weighted by Crippen LogP contribution is -2.45. The maximum Gasteiger partial charge on any atom is 0.123 e. The topological polar surface area (TPSA) is 35.5 Å². The van der Waals surface area contributed by atoms with E-state index in [4.69, 9.17) is 0 Å². The minimum Gasteiger partial charge on any atom is -0.396 e. The van der Waals surface area contributed by atoms with Gasteiger partial charge in [-0.15, -0.1) is 0 Å². The Balaban J connectivity index is 2.24. The molecular weight excluding hydrogens is 231 g/mol. The van der Waals surface area contributed by atoms with Crippen LogP contribution >= 0.6 is 0 Å². The zero-order valence-corrected chi connectivity index (χ0v) is 10.8. The van der Waals surface area contributed by atoms with Crippen LogP contribution in [0.3, 0.4) is 0 Å². The molecule has 1 fully saturated rings. The van der Waals surface area contributed by atoms with Crippen LogP contribution in [0.2, 0.25) is 0 Å². The van der Waals surface area contributed by atoms with Gasteiger partial charge in [-0.05, 0) is 36.6 Å². The molecule has 3 nitrogen and oxygen atoms in total. The molecule has 0 bridgehead atoms. The number of hydrogen-bond donors (Lipinski definition) is 2. The third kappa shape index (κ3) is 3.07. The van der Waals surface area contributed by atoms with Gasteiger partial charge in [0.1, 0.15) is 5.82 Å². The van der Waals surface area contributed by atoms with Crippen molar-refractivity contribution in [1.29, 1.82) is 0 Å². The third-order valence-electron chi connectivity index (χ3n) is 3.60. The monoisotopic (exact) mass is 252 g/mol. The van der Waals surface area contributed by atoms with Gasteiger partial charge in [0.2, 0.25) is 0 Å². The molecular formula is C14H21FN2O. The predicted octanol–water partition coefficient (Wildman–Crippen LogP) is 1.46. The van der Waals surface area contributed by atoms with E-state index in [9.17, 15) is 9.50 Å². The van der Waals surface area contributed by atoms with Crippen molar-refractivity contribution in [2.45, 2.75) is 19.4 Å².